The summed E-state index contributed by atoms with van der Waals surface area (Å²) in [5, 5.41) is 21.1. The minimum absolute atomic E-state index is 0.0204. The van der Waals surface area contributed by atoms with Gasteiger partial charge in [-0.3, -0.25) is 4.79 Å². The Morgan fingerprint density at radius 3 is 2.88 bits per heavy atom. The average molecular weight is 373 g/mol. The molecule has 1 aromatic carbocycles. The molecule has 3 N–H and O–H groups in total. The molecule has 0 spiro atoms. The summed E-state index contributed by atoms with van der Waals surface area (Å²) in [6.07, 6.45) is 1.49. The Morgan fingerprint density at radius 2 is 2.15 bits per heavy atom. The first-order valence-corrected chi connectivity index (χ1v) is 9.79. The lowest BCUT2D eigenvalue weighted by Gasteiger charge is -2.10. The van der Waals surface area contributed by atoms with Crippen LogP contribution < -0.4 is 10.1 Å². The van der Waals surface area contributed by atoms with Gasteiger partial charge in [-0.1, -0.05) is 12.1 Å². The topological polar surface area (TPSA) is 78.8 Å². The zero-order chi connectivity index (χ0) is 18.3. The molecule has 0 radical (unpaired) electrons. The maximum absolute atomic E-state index is 12.6. The van der Waals surface area contributed by atoms with Crippen LogP contribution in [-0.2, 0) is 13.0 Å². The number of hydrogen-bond acceptors (Lipinski definition) is 5. The summed E-state index contributed by atoms with van der Waals surface area (Å²) in [5.41, 5.74) is 3.73. The molecule has 0 saturated heterocycles. The van der Waals surface area contributed by atoms with Gasteiger partial charge in [0.1, 0.15) is 18.5 Å². The van der Waals surface area contributed by atoms with E-state index >= 15 is 0 Å². The molecule has 3 atom stereocenters. The largest absolute Gasteiger partial charge is 0.491 e. The van der Waals surface area contributed by atoms with Crippen LogP contribution in [0.5, 0.6) is 5.75 Å². The van der Waals surface area contributed by atoms with E-state index in [1.807, 2.05) is 12.1 Å². The van der Waals surface area contributed by atoms with E-state index in [1.165, 1.54) is 22.4 Å². The van der Waals surface area contributed by atoms with Crippen molar-refractivity contribution in [2.75, 3.05) is 13.2 Å². The van der Waals surface area contributed by atoms with Gasteiger partial charge >= 0.3 is 0 Å². The van der Waals surface area contributed by atoms with Gasteiger partial charge in [0.25, 0.3) is 5.91 Å². The molecule has 2 aliphatic rings. The maximum Gasteiger partial charge on any atom is 0.261 e. The van der Waals surface area contributed by atoms with E-state index in [4.69, 9.17) is 9.84 Å². The molecule has 1 heterocycles. The smallest absolute Gasteiger partial charge is 0.261 e. The van der Waals surface area contributed by atoms with Gasteiger partial charge in [0.15, 0.2) is 0 Å². The normalized spacial score (nSPS) is 21.0. The molecular weight excluding hydrogens is 350 g/mol. The molecule has 1 aromatic heterocycles. The van der Waals surface area contributed by atoms with Crippen LogP contribution in [0.15, 0.2) is 24.3 Å². The molecule has 1 saturated carbocycles. The number of nitrogens with one attached hydrogen (secondary N) is 1. The van der Waals surface area contributed by atoms with E-state index < -0.39 is 6.10 Å². The van der Waals surface area contributed by atoms with Crippen molar-refractivity contribution >= 4 is 17.2 Å². The Kier molecular flexibility index (Phi) is 4.73. The highest BCUT2D eigenvalue weighted by molar-refractivity contribution is 7.14. The Bertz CT molecular complexity index is 814. The zero-order valence-electron chi connectivity index (χ0n) is 14.7. The van der Waals surface area contributed by atoms with Gasteiger partial charge in [0.05, 0.1) is 11.5 Å². The minimum atomic E-state index is -0.879. The molecular formula is C20H23NO4S. The lowest BCUT2D eigenvalue weighted by atomic mass is 10.1. The fourth-order valence-corrected chi connectivity index (χ4v) is 4.95. The molecule has 0 aliphatic heterocycles. The lowest BCUT2D eigenvalue weighted by molar-refractivity contribution is 0.0536. The van der Waals surface area contributed by atoms with Gasteiger partial charge in [-0.2, -0.15) is 0 Å². The van der Waals surface area contributed by atoms with E-state index in [9.17, 15) is 9.90 Å². The number of aliphatic hydroxyl groups is 2. The number of benzene rings is 1. The van der Waals surface area contributed by atoms with Crippen molar-refractivity contribution in [1.82, 2.24) is 5.32 Å². The second-order valence-corrected chi connectivity index (χ2v) is 8.38. The van der Waals surface area contributed by atoms with Crippen molar-refractivity contribution < 1.29 is 19.7 Å². The number of thiophene rings is 1. The number of ether oxygens (including phenoxy) is 1. The number of hydrogen-bond donors (Lipinski definition) is 3. The monoisotopic (exact) mass is 373 g/mol. The first-order chi connectivity index (χ1) is 12.6. The van der Waals surface area contributed by atoms with Crippen LogP contribution in [0.25, 0.3) is 0 Å². The summed E-state index contributed by atoms with van der Waals surface area (Å²) in [6.45, 7) is 2.33. The average Bonchev–Trinajstić information content (AvgIpc) is 3.18. The van der Waals surface area contributed by atoms with Crippen molar-refractivity contribution in [2.45, 2.75) is 38.3 Å². The summed E-state index contributed by atoms with van der Waals surface area (Å²) in [6, 6.07) is 7.37. The number of fused-ring (bicyclic) bond motifs is 3. The predicted molar refractivity (Wildman–Crippen MR) is 99.8 cm³/mol. The first kappa shape index (κ1) is 17.5. The van der Waals surface area contributed by atoms with Crippen LogP contribution >= 0.6 is 11.3 Å². The van der Waals surface area contributed by atoms with Crippen LogP contribution in [0.2, 0.25) is 0 Å². The van der Waals surface area contributed by atoms with Crippen molar-refractivity contribution in [1.29, 1.82) is 0 Å². The highest BCUT2D eigenvalue weighted by Crippen LogP contribution is 2.59. The molecule has 2 aromatic rings. The van der Waals surface area contributed by atoms with Crippen LogP contribution in [0.4, 0.5) is 0 Å². The third kappa shape index (κ3) is 3.37. The van der Waals surface area contributed by atoms with Gasteiger partial charge in [-0.15, -0.1) is 11.3 Å². The second-order valence-electron chi connectivity index (χ2n) is 7.16. The van der Waals surface area contributed by atoms with Crippen molar-refractivity contribution in [3.05, 3.63) is 50.7 Å². The molecule has 4 rings (SSSR count). The fraction of sp³-hybridized carbons (Fsp3) is 0.450. The van der Waals surface area contributed by atoms with Gasteiger partial charge in [0, 0.05) is 11.4 Å². The lowest BCUT2D eigenvalue weighted by Crippen LogP contribution is -2.23. The van der Waals surface area contributed by atoms with Crippen molar-refractivity contribution in [3.8, 4) is 5.75 Å². The van der Waals surface area contributed by atoms with Gasteiger partial charge in [0.2, 0.25) is 0 Å². The Labute approximate surface area is 156 Å². The Balaban J connectivity index is 1.34. The van der Waals surface area contributed by atoms with Crippen LogP contribution in [0, 0.1) is 12.8 Å². The van der Waals surface area contributed by atoms with E-state index in [2.05, 4.69) is 12.2 Å². The number of aryl methyl sites for hydroxylation is 1. The van der Waals surface area contributed by atoms with E-state index in [0.29, 0.717) is 12.3 Å². The maximum atomic E-state index is 12.6. The summed E-state index contributed by atoms with van der Waals surface area (Å²) in [5.74, 6) is 2.15. The van der Waals surface area contributed by atoms with Gasteiger partial charge < -0.3 is 20.3 Å². The molecule has 1 amide bonds. The summed E-state index contributed by atoms with van der Waals surface area (Å²) in [4.78, 5) is 14.8. The van der Waals surface area contributed by atoms with E-state index in [1.54, 1.807) is 23.5 Å². The first-order valence-electron chi connectivity index (χ1n) is 8.97. The van der Waals surface area contributed by atoms with Crippen molar-refractivity contribution in [3.63, 3.8) is 0 Å². The molecule has 6 heteroatoms. The third-order valence-electron chi connectivity index (χ3n) is 5.23. The number of rotatable bonds is 7. The standard InChI is InChI=1S/C20H23NO4S/c1-11-18-16-6-13(16)7-17(18)19(26-11)20(24)21-8-12-2-4-15(5-3-12)25-10-14(23)9-22/h2-5,13-14,16,22-23H,6-10H2,1H3,(H,21,24)/t13-,14?,16-/m1/s1. The predicted octanol–water partition coefficient (Wildman–Crippen LogP) is 2.38. The number of carbonyl (C=O) groups excluding carboxylic acids is 1. The van der Waals surface area contributed by atoms with Crippen LogP contribution in [0.1, 0.15) is 43.6 Å². The van der Waals surface area contributed by atoms with Gasteiger partial charge in [-0.05, 0) is 60.4 Å². The quantitative estimate of drug-likeness (QED) is 0.696. The molecule has 1 unspecified atom stereocenters. The molecule has 26 heavy (non-hydrogen) atoms. The Morgan fingerprint density at radius 1 is 1.38 bits per heavy atom. The molecule has 138 valence electrons. The highest BCUT2D eigenvalue weighted by Gasteiger charge is 2.48. The summed E-state index contributed by atoms with van der Waals surface area (Å²) >= 11 is 1.63. The molecule has 2 aliphatic carbocycles. The van der Waals surface area contributed by atoms with Crippen LogP contribution in [0.3, 0.4) is 0 Å². The zero-order valence-corrected chi connectivity index (χ0v) is 15.5. The third-order valence-corrected chi connectivity index (χ3v) is 6.39. The molecule has 5 nitrogen and oxygen atoms in total. The minimum Gasteiger partial charge on any atom is -0.491 e. The highest BCUT2D eigenvalue weighted by atomic mass is 32.1. The summed E-state index contributed by atoms with van der Waals surface area (Å²) in [7, 11) is 0. The molecule has 1 fully saturated rings. The fourth-order valence-electron chi connectivity index (χ4n) is 3.78. The number of aliphatic hydroxyl groups excluding tert-OH is 2. The molecule has 0 bridgehead atoms. The van der Waals surface area contributed by atoms with Gasteiger partial charge in [-0.25, -0.2) is 0 Å². The number of carbonyl (C=O) groups is 1. The Hall–Kier alpha value is -1.89. The summed E-state index contributed by atoms with van der Waals surface area (Å²) < 4.78 is 5.38. The second kappa shape index (κ2) is 7.02. The van der Waals surface area contributed by atoms with E-state index in [-0.39, 0.29) is 19.1 Å². The SMILES string of the molecule is Cc1sc(C(=O)NCc2ccc(OCC(O)CO)cc2)c2c1[C@@H]1C[C@@H]1C2. The van der Waals surface area contributed by atoms with Crippen molar-refractivity contribution in [2.24, 2.45) is 5.92 Å². The van der Waals surface area contributed by atoms with Crippen LogP contribution in [-0.4, -0.2) is 35.4 Å². The number of amides is 1. The van der Waals surface area contributed by atoms with E-state index in [0.717, 1.165) is 28.7 Å².